The van der Waals surface area contributed by atoms with Crippen LogP contribution in [0.3, 0.4) is 0 Å². The second-order valence-corrected chi connectivity index (χ2v) is 5.95. The largest absolute Gasteiger partial charge is 0.494 e. The van der Waals surface area contributed by atoms with Crippen LogP contribution in [-0.2, 0) is 4.79 Å². The Morgan fingerprint density at radius 2 is 2.00 bits per heavy atom. The number of carbonyl (C=O) groups is 1. The third-order valence-electron chi connectivity index (χ3n) is 3.59. The van der Waals surface area contributed by atoms with E-state index >= 15 is 0 Å². The molecule has 2 N–H and O–H groups in total. The lowest BCUT2D eigenvalue weighted by Crippen LogP contribution is -2.22. The van der Waals surface area contributed by atoms with Crippen LogP contribution in [0.25, 0.3) is 0 Å². The zero-order chi connectivity index (χ0) is 17.4. The molecule has 0 spiro atoms. The molecule has 24 heavy (non-hydrogen) atoms. The number of rotatable bonds is 8. The number of carbonyl (C=O) groups excluding carboxylic acids is 1. The van der Waals surface area contributed by atoms with Crippen molar-refractivity contribution in [3.05, 3.63) is 53.1 Å². The van der Waals surface area contributed by atoms with E-state index < -0.39 is 0 Å². The molecule has 0 atom stereocenters. The van der Waals surface area contributed by atoms with Gasteiger partial charge in [-0.3, -0.25) is 4.79 Å². The summed E-state index contributed by atoms with van der Waals surface area (Å²) in [4.78, 5) is 12.1. The molecule has 0 radical (unpaired) electrons. The van der Waals surface area contributed by atoms with Crippen LogP contribution >= 0.6 is 11.6 Å². The van der Waals surface area contributed by atoms with Crippen LogP contribution in [-0.4, -0.2) is 19.1 Å². The molecule has 0 aliphatic heterocycles. The van der Waals surface area contributed by atoms with Crippen molar-refractivity contribution in [3.63, 3.8) is 0 Å². The number of hydrogen-bond acceptors (Lipinski definition) is 3. The SMILES string of the molecule is CCCCOc1cccc(NC(=O)CNc2cccc(Cl)c2C)c1. The number of unbranched alkanes of at least 4 members (excludes halogenated alkanes) is 1. The maximum absolute atomic E-state index is 12.1. The lowest BCUT2D eigenvalue weighted by molar-refractivity contribution is -0.114. The fraction of sp³-hybridized carbons (Fsp3) is 0.316. The van der Waals surface area contributed by atoms with Crippen molar-refractivity contribution in [1.29, 1.82) is 0 Å². The molecule has 0 aromatic heterocycles. The van der Waals surface area contributed by atoms with Gasteiger partial charge in [-0.2, -0.15) is 0 Å². The highest BCUT2D eigenvalue weighted by atomic mass is 35.5. The molecule has 0 saturated heterocycles. The van der Waals surface area contributed by atoms with Gasteiger partial charge in [0.05, 0.1) is 13.2 Å². The van der Waals surface area contributed by atoms with Crippen molar-refractivity contribution in [2.24, 2.45) is 0 Å². The van der Waals surface area contributed by atoms with Gasteiger partial charge in [0, 0.05) is 22.5 Å². The zero-order valence-electron chi connectivity index (χ0n) is 14.1. The van der Waals surface area contributed by atoms with Gasteiger partial charge in [-0.25, -0.2) is 0 Å². The summed E-state index contributed by atoms with van der Waals surface area (Å²) in [7, 11) is 0. The monoisotopic (exact) mass is 346 g/mol. The summed E-state index contributed by atoms with van der Waals surface area (Å²) in [5, 5.41) is 6.64. The minimum atomic E-state index is -0.125. The second-order valence-electron chi connectivity index (χ2n) is 5.54. The molecule has 5 heteroatoms. The number of nitrogens with one attached hydrogen (secondary N) is 2. The Morgan fingerprint density at radius 1 is 1.21 bits per heavy atom. The topological polar surface area (TPSA) is 50.4 Å². The van der Waals surface area contributed by atoms with Crippen molar-refractivity contribution < 1.29 is 9.53 Å². The smallest absolute Gasteiger partial charge is 0.243 e. The minimum Gasteiger partial charge on any atom is -0.494 e. The molecule has 0 bridgehead atoms. The van der Waals surface area contributed by atoms with E-state index in [0.29, 0.717) is 11.6 Å². The van der Waals surface area contributed by atoms with Crippen LogP contribution in [0.1, 0.15) is 25.3 Å². The summed E-state index contributed by atoms with van der Waals surface area (Å²) in [5.74, 6) is 0.639. The van der Waals surface area contributed by atoms with Gasteiger partial charge in [-0.15, -0.1) is 0 Å². The highest BCUT2D eigenvalue weighted by Crippen LogP contribution is 2.23. The molecule has 2 aromatic carbocycles. The molecule has 0 saturated carbocycles. The molecule has 2 aromatic rings. The third-order valence-corrected chi connectivity index (χ3v) is 4.00. The summed E-state index contributed by atoms with van der Waals surface area (Å²) >= 11 is 6.07. The minimum absolute atomic E-state index is 0.125. The average Bonchev–Trinajstić information content (AvgIpc) is 2.57. The van der Waals surface area contributed by atoms with Gasteiger partial charge in [0.25, 0.3) is 0 Å². The molecular formula is C19H23ClN2O2. The quantitative estimate of drug-likeness (QED) is 0.670. The molecule has 0 unspecified atom stereocenters. The van der Waals surface area contributed by atoms with Crippen molar-refractivity contribution in [2.75, 3.05) is 23.8 Å². The van der Waals surface area contributed by atoms with E-state index in [1.807, 2.05) is 49.4 Å². The predicted octanol–water partition coefficient (Wildman–Crippen LogP) is 4.88. The normalized spacial score (nSPS) is 10.3. The summed E-state index contributed by atoms with van der Waals surface area (Å²) in [5.41, 5.74) is 2.51. The molecule has 1 amide bonds. The predicted molar refractivity (Wildman–Crippen MR) is 100 cm³/mol. The Kier molecular flexibility index (Phi) is 6.94. The Balaban J connectivity index is 1.88. The average molecular weight is 347 g/mol. The van der Waals surface area contributed by atoms with E-state index in [2.05, 4.69) is 17.6 Å². The van der Waals surface area contributed by atoms with E-state index in [1.165, 1.54) is 0 Å². The van der Waals surface area contributed by atoms with Crippen LogP contribution < -0.4 is 15.4 Å². The summed E-state index contributed by atoms with van der Waals surface area (Å²) in [6.07, 6.45) is 2.10. The first kappa shape index (κ1) is 18.1. The fourth-order valence-corrected chi connectivity index (χ4v) is 2.35. The van der Waals surface area contributed by atoms with Gasteiger partial charge in [0.15, 0.2) is 0 Å². The number of benzene rings is 2. The second kappa shape index (κ2) is 9.18. The fourth-order valence-electron chi connectivity index (χ4n) is 2.18. The lowest BCUT2D eigenvalue weighted by Gasteiger charge is -2.12. The van der Waals surface area contributed by atoms with Gasteiger partial charge < -0.3 is 15.4 Å². The molecule has 0 heterocycles. The molecule has 2 rings (SSSR count). The number of ether oxygens (including phenoxy) is 1. The van der Waals surface area contributed by atoms with Gasteiger partial charge in [0.1, 0.15) is 5.75 Å². The maximum Gasteiger partial charge on any atom is 0.243 e. The van der Waals surface area contributed by atoms with Gasteiger partial charge >= 0.3 is 0 Å². The van der Waals surface area contributed by atoms with Crippen molar-refractivity contribution >= 4 is 28.9 Å². The summed E-state index contributed by atoms with van der Waals surface area (Å²) in [6, 6.07) is 13.0. The van der Waals surface area contributed by atoms with E-state index in [1.54, 1.807) is 0 Å². The number of halogens is 1. The van der Waals surface area contributed by atoms with Gasteiger partial charge in [-0.05, 0) is 43.2 Å². The third kappa shape index (κ3) is 5.46. The van der Waals surface area contributed by atoms with Crippen molar-refractivity contribution in [2.45, 2.75) is 26.7 Å². The Labute approximate surface area is 148 Å². The lowest BCUT2D eigenvalue weighted by atomic mass is 10.2. The first-order valence-electron chi connectivity index (χ1n) is 8.12. The molecule has 128 valence electrons. The summed E-state index contributed by atoms with van der Waals surface area (Å²) < 4.78 is 5.65. The standard InChI is InChI=1S/C19H23ClN2O2/c1-3-4-11-24-16-8-5-7-15(12-16)22-19(23)13-21-18-10-6-9-17(20)14(18)2/h5-10,12,21H,3-4,11,13H2,1-2H3,(H,22,23). The van der Waals surface area contributed by atoms with Crippen LogP contribution in [0.15, 0.2) is 42.5 Å². The first-order valence-corrected chi connectivity index (χ1v) is 8.49. The molecule has 0 aliphatic carbocycles. The molecule has 4 nitrogen and oxygen atoms in total. The first-order chi connectivity index (χ1) is 11.6. The van der Waals surface area contributed by atoms with Crippen LogP contribution in [0, 0.1) is 6.92 Å². The van der Waals surface area contributed by atoms with E-state index in [4.69, 9.17) is 16.3 Å². The van der Waals surface area contributed by atoms with Crippen LogP contribution in [0.5, 0.6) is 5.75 Å². The van der Waals surface area contributed by atoms with E-state index in [-0.39, 0.29) is 12.5 Å². The molecule has 0 aliphatic rings. The molecular weight excluding hydrogens is 324 g/mol. The number of amides is 1. The van der Waals surface area contributed by atoms with Crippen molar-refractivity contribution in [3.8, 4) is 5.75 Å². The number of hydrogen-bond donors (Lipinski definition) is 2. The highest BCUT2D eigenvalue weighted by Gasteiger charge is 2.06. The van der Waals surface area contributed by atoms with Crippen LogP contribution in [0.4, 0.5) is 11.4 Å². The van der Waals surface area contributed by atoms with Gasteiger partial charge in [-0.1, -0.05) is 37.1 Å². The van der Waals surface area contributed by atoms with E-state index in [9.17, 15) is 4.79 Å². The zero-order valence-corrected chi connectivity index (χ0v) is 14.8. The summed E-state index contributed by atoms with van der Waals surface area (Å²) in [6.45, 7) is 4.89. The van der Waals surface area contributed by atoms with Gasteiger partial charge in [0.2, 0.25) is 5.91 Å². The van der Waals surface area contributed by atoms with Crippen molar-refractivity contribution in [1.82, 2.24) is 0 Å². The molecule has 0 fully saturated rings. The van der Waals surface area contributed by atoms with Crippen LogP contribution in [0.2, 0.25) is 5.02 Å². The van der Waals surface area contributed by atoms with E-state index in [0.717, 1.165) is 35.5 Å². The number of anilines is 2. The maximum atomic E-state index is 12.1. The Morgan fingerprint density at radius 3 is 2.79 bits per heavy atom. The Bertz CT molecular complexity index is 689. The Hall–Kier alpha value is -2.20. The highest BCUT2D eigenvalue weighted by molar-refractivity contribution is 6.31.